The molecule has 2 rings (SSSR count). The van der Waals surface area contributed by atoms with Crippen LogP contribution in [0.1, 0.15) is 10.4 Å². The highest BCUT2D eigenvalue weighted by Crippen LogP contribution is 2.23. The van der Waals surface area contributed by atoms with Crippen LogP contribution in [-0.2, 0) is 13.0 Å². The number of hydrogen-bond acceptors (Lipinski definition) is 2. The normalized spacial score (nSPS) is 16.9. The Labute approximate surface area is 62.9 Å². The molecule has 0 unspecified atom stereocenters. The maximum Gasteiger partial charge on any atom is 0.176 e. The molecule has 54 valence electrons. The Kier molecular flexibility index (Phi) is 1.47. The van der Waals surface area contributed by atoms with Crippen molar-refractivity contribution in [2.45, 2.75) is 13.0 Å². The Bertz CT molecular complexity index is 220. The van der Waals surface area contributed by atoms with Crippen molar-refractivity contribution in [3.05, 3.63) is 21.6 Å². The van der Waals surface area contributed by atoms with E-state index in [-0.39, 0.29) is 5.13 Å². The fourth-order valence-electron chi connectivity index (χ4n) is 1.22. The third-order valence-electron chi connectivity index (χ3n) is 1.71. The van der Waals surface area contributed by atoms with Crippen molar-refractivity contribution >= 4 is 11.3 Å². The molecule has 2 heterocycles. The molecule has 1 nitrogen and oxygen atoms in total. The Hall–Kier alpha value is -0.410. The fourth-order valence-corrected chi connectivity index (χ4v) is 2.12. The van der Waals surface area contributed by atoms with Crippen LogP contribution in [0.5, 0.6) is 0 Å². The molecular weight excluding hydrogens is 149 g/mol. The van der Waals surface area contributed by atoms with Crippen LogP contribution >= 0.6 is 11.3 Å². The highest BCUT2D eigenvalue weighted by atomic mass is 32.1. The minimum absolute atomic E-state index is 0.0475. The number of nitrogens with one attached hydrogen (secondary N) is 1. The highest BCUT2D eigenvalue weighted by Gasteiger charge is 2.11. The molecule has 1 N–H and O–H groups in total. The molecule has 1 aliphatic heterocycles. The summed E-state index contributed by atoms with van der Waals surface area (Å²) < 4.78 is 12.6. The van der Waals surface area contributed by atoms with Crippen molar-refractivity contribution in [1.82, 2.24) is 5.32 Å². The van der Waals surface area contributed by atoms with E-state index in [2.05, 4.69) is 5.32 Å². The molecule has 0 aromatic carbocycles. The molecule has 0 aliphatic carbocycles. The lowest BCUT2D eigenvalue weighted by Gasteiger charge is -2.10. The van der Waals surface area contributed by atoms with Gasteiger partial charge in [0.2, 0.25) is 0 Å². The standard InChI is InChI=1S/C7H8FNS/c8-7-3-5-4-9-2-1-6(5)10-7/h3,9H,1-2,4H2. The van der Waals surface area contributed by atoms with E-state index in [1.807, 2.05) is 0 Å². The first kappa shape index (κ1) is 6.31. The van der Waals surface area contributed by atoms with E-state index >= 15 is 0 Å². The van der Waals surface area contributed by atoms with E-state index in [0.29, 0.717) is 0 Å². The van der Waals surface area contributed by atoms with Crippen LogP contribution in [0.4, 0.5) is 4.39 Å². The topological polar surface area (TPSA) is 12.0 Å². The molecule has 3 heteroatoms. The summed E-state index contributed by atoms with van der Waals surface area (Å²) in [5.74, 6) is 0. The molecule has 0 fully saturated rings. The van der Waals surface area contributed by atoms with Gasteiger partial charge >= 0.3 is 0 Å². The SMILES string of the molecule is Fc1cc2c(s1)CCNC2. The quantitative estimate of drug-likeness (QED) is 0.602. The summed E-state index contributed by atoms with van der Waals surface area (Å²) >= 11 is 1.28. The third-order valence-corrected chi connectivity index (χ3v) is 2.74. The van der Waals surface area contributed by atoms with Crippen molar-refractivity contribution in [3.63, 3.8) is 0 Å². The van der Waals surface area contributed by atoms with Gasteiger partial charge in [0, 0.05) is 18.0 Å². The lowest BCUT2D eigenvalue weighted by atomic mass is 10.1. The molecule has 0 saturated heterocycles. The highest BCUT2D eigenvalue weighted by molar-refractivity contribution is 7.10. The van der Waals surface area contributed by atoms with E-state index in [4.69, 9.17) is 0 Å². The van der Waals surface area contributed by atoms with Crippen molar-refractivity contribution in [2.24, 2.45) is 0 Å². The van der Waals surface area contributed by atoms with Crippen molar-refractivity contribution in [3.8, 4) is 0 Å². The zero-order chi connectivity index (χ0) is 6.97. The van der Waals surface area contributed by atoms with Crippen LogP contribution in [0.3, 0.4) is 0 Å². The predicted molar refractivity (Wildman–Crippen MR) is 39.7 cm³/mol. The molecule has 1 aliphatic rings. The Morgan fingerprint density at radius 1 is 1.60 bits per heavy atom. The summed E-state index contributed by atoms with van der Waals surface area (Å²) in [7, 11) is 0. The fraction of sp³-hybridized carbons (Fsp3) is 0.429. The van der Waals surface area contributed by atoms with E-state index < -0.39 is 0 Å². The maximum absolute atomic E-state index is 12.6. The second-order valence-electron chi connectivity index (χ2n) is 2.43. The van der Waals surface area contributed by atoms with E-state index in [1.54, 1.807) is 6.07 Å². The molecule has 1 aromatic rings. The van der Waals surface area contributed by atoms with Gasteiger partial charge in [-0.3, -0.25) is 0 Å². The van der Waals surface area contributed by atoms with Gasteiger partial charge in [-0.2, -0.15) is 4.39 Å². The summed E-state index contributed by atoms with van der Waals surface area (Å²) in [6.07, 6.45) is 0.990. The van der Waals surface area contributed by atoms with E-state index in [1.165, 1.54) is 16.2 Å². The first-order chi connectivity index (χ1) is 4.86. The summed E-state index contributed by atoms with van der Waals surface area (Å²) in [5.41, 5.74) is 1.15. The van der Waals surface area contributed by atoms with Crippen LogP contribution in [0, 0.1) is 5.13 Å². The molecule has 10 heavy (non-hydrogen) atoms. The van der Waals surface area contributed by atoms with Crippen LogP contribution in [-0.4, -0.2) is 6.54 Å². The van der Waals surface area contributed by atoms with Gasteiger partial charge in [0.25, 0.3) is 0 Å². The van der Waals surface area contributed by atoms with E-state index in [0.717, 1.165) is 25.1 Å². The number of fused-ring (bicyclic) bond motifs is 1. The van der Waals surface area contributed by atoms with Crippen molar-refractivity contribution < 1.29 is 4.39 Å². The Balaban J connectivity index is 2.41. The zero-order valence-corrected chi connectivity index (χ0v) is 6.30. The van der Waals surface area contributed by atoms with Crippen LogP contribution in [0.2, 0.25) is 0 Å². The molecule has 0 atom stereocenters. The summed E-state index contributed by atoms with van der Waals surface area (Å²) in [4.78, 5) is 1.22. The predicted octanol–water partition coefficient (Wildman–Crippen LogP) is 1.53. The molecule has 0 saturated carbocycles. The van der Waals surface area contributed by atoms with Crippen molar-refractivity contribution in [1.29, 1.82) is 0 Å². The van der Waals surface area contributed by atoms with Crippen molar-refractivity contribution in [2.75, 3.05) is 6.54 Å². The summed E-state index contributed by atoms with van der Waals surface area (Å²) in [6.45, 7) is 1.84. The number of halogens is 1. The molecule has 0 spiro atoms. The average molecular weight is 157 g/mol. The van der Waals surface area contributed by atoms with Crippen LogP contribution < -0.4 is 5.32 Å². The smallest absolute Gasteiger partial charge is 0.176 e. The van der Waals surface area contributed by atoms with Crippen LogP contribution in [0.15, 0.2) is 6.07 Å². The lowest BCUT2D eigenvalue weighted by molar-refractivity contribution is 0.640. The molecular formula is C7H8FNS. The second-order valence-corrected chi connectivity index (χ2v) is 3.51. The van der Waals surface area contributed by atoms with Gasteiger partial charge in [0.05, 0.1) is 0 Å². The maximum atomic E-state index is 12.6. The Morgan fingerprint density at radius 2 is 2.50 bits per heavy atom. The Morgan fingerprint density at radius 3 is 3.30 bits per heavy atom. The van der Waals surface area contributed by atoms with Gasteiger partial charge in [-0.05, 0) is 18.1 Å². The van der Waals surface area contributed by atoms with Gasteiger partial charge in [0.1, 0.15) is 0 Å². The number of thiophene rings is 1. The largest absolute Gasteiger partial charge is 0.312 e. The average Bonchev–Trinajstić information content (AvgIpc) is 2.27. The van der Waals surface area contributed by atoms with E-state index in [9.17, 15) is 4.39 Å². The van der Waals surface area contributed by atoms with Gasteiger partial charge in [0.15, 0.2) is 5.13 Å². The zero-order valence-electron chi connectivity index (χ0n) is 5.48. The van der Waals surface area contributed by atoms with Crippen LogP contribution in [0.25, 0.3) is 0 Å². The minimum Gasteiger partial charge on any atom is -0.312 e. The first-order valence-corrected chi connectivity index (χ1v) is 4.16. The number of hydrogen-bond donors (Lipinski definition) is 1. The molecule has 0 bridgehead atoms. The minimum atomic E-state index is -0.0475. The van der Waals surface area contributed by atoms with Gasteiger partial charge in [-0.1, -0.05) is 0 Å². The number of rotatable bonds is 0. The monoisotopic (exact) mass is 157 g/mol. The van der Waals surface area contributed by atoms with Gasteiger partial charge in [-0.25, -0.2) is 0 Å². The molecule has 0 amide bonds. The molecule has 1 aromatic heterocycles. The third kappa shape index (κ3) is 0.954. The first-order valence-electron chi connectivity index (χ1n) is 3.34. The summed E-state index contributed by atoms with van der Waals surface area (Å²) in [6, 6.07) is 1.63. The second kappa shape index (κ2) is 2.32. The molecule has 0 radical (unpaired) electrons. The van der Waals surface area contributed by atoms with Gasteiger partial charge < -0.3 is 5.32 Å². The van der Waals surface area contributed by atoms with Gasteiger partial charge in [-0.15, -0.1) is 11.3 Å². The lowest BCUT2D eigenvalue weighted by Crippen LogP contribution is -2.21. The summed E-state index contributed by atoms with van der Waals surface area (Å²) in [5, 5.41) is 3.15.